The summed E-state index contributed by atoms with van der Waals surface area (Å²) in [4.78, 5) is 12.2. The highest BCUT2D eigenvalue weighted by atomic mass is 127. The summed E-state index contributed by atoms with van der Waals surface area (Å²) in [6.07, 6.45) is 0.896. The molecule has 3 nitrogen and oxygen atoms in total. The van der Waals surface area contributed by atoms with Crippen LogP contribution < -0.4 is 10.6 Å². The van der Waals surface area contributed by atoms with Crippen LogP contribution in [0.5, 0.6) is 0 Å². The van der Waals surface area contributed by atoms with Crippen LogP contribution in [0.1, 0.15) is 28.4 Å². The quantitative estimate of drug-likeness (QED) is 0.571. The summed E-state index contributed by atoms with van der Waals surface area (Å²) in [5.41, 5.74) is 3.65. The van der Waals surface area contributed by atoms with Crippen molar-refractivity contribution in [1.82, 2.24) is 5.32 Å². The average Bonchev–Trinajstić information content (AvgIpc) is 2.49. The summed E-state index contributed by atoms with van der Waals surface area (Å²) >= 11 is 7.53. The van der Waals surface area contributed by atoms with Crippen molar-refractivity contribution in [2.75, 3.05) is 5.32 Å². The number of anilines is 1. The number of thiocarbonyl (C=S) groups is 1. The second-order valence-electron chi connectivity index (χ2n) is 4.88. The number of carbonyl (C=O) groups excluding carboxylic acids is 1. The molecular formula is C17H17IN2OS. The summed E-state index contributed by atoms with van der Waals surface area (Å²) in [5, 5.41) is 6.15. The highest BCUT2D eigenvalue weighted by Crippen LogP contribution is 2.19. The summed E-state index contributed by atoms with van der Waals surface area (Å²) < 4.78 is 1.18. The minimum absolute atomic E-state index is 0.195. The van der Waals surface area contributed by atoms with E-state index < -0.39 is 0 Å². The first-order valence-electron chi connectivity index (χ1n) is 6.97. The molecule has 0 unspecified atom stereocenters. The van der Waals surface area contributed by atoms with Crippen molar-refractivity contribution in [2.24, 2.45) is 0 Å². The second kappa shape index (κ2) is 7.69. The Morgan fingerprint density at radius 1 is 1.23 bits per heavy atom. The van der Waals surface area contributed by atoms with Crippen LogP contribution in [0.4, 0.5) is 5.69 Å². The number of rotatable bonds is 3. The third kappa shape index (κ3) is 4.27. The minimum atomic E-state index is -0.195. The van der Waals surface area contributed by atoms with Crippen LogP contribution >= 0.6 is 34.8 Å². The monoisotopic (exact) mass is 424 g/mol. The third-order valence-corrected chi connectivity index (χ3v) is 4.19. The molecule has 2 aromatic rings. The lowest BCUT2D eigenvalue weighted by Crippen LogP contribution is -2.34. The van der Waals surface area contributed by atoms with Crippen LogP contribution in [0.3, 0.4) is 0 Å². The minimum Gasteiger partial charge on any atom is -0.332 e. The molecule has 0 aliphatic rings. The van der Waals surface area contributed by atoms with Gasteiger partial charge in [0.15, 0.2) is 5.11 Å². The normalized spacial score (nSPS) is 10.1. The van der Waals surface area contributed by atoms with Gasteiger partial charge in [0.2, 0.25) is 0 Å². The molecule has 0 bridgehead atoms. The van der Waals surface area contributed by atoms with Crippen LogP contribution in [0.2, 0.25) is 0 Å². The SMILES string of the molecule is CCc1cc(I)ccc1NC(=S)NC(=O)c1ccccc1C. The Balaban J connectivity index is 2.08. The molecule has 2 aromatic carbocycles. The number of carbonyl (C=O) groups is 1. The molecule has 0 saturated heterocycles. The molecule has 1 amide bonds. The molecule has 5 heteroatoms. The fraction of sp³-hybridized carbons (Fsp3) is 0.176. The molecule has 0 aliphatic carbocycles. The zero-order valence-corrected chi connectivity index (χ0v) is 15.4. The van der Waals surface area contributed by atoms with Crippen molar-refractivity contribution >= 4 is 51.5 Å². The van der Waals surface area contributed by atoms with Crippen LogP contribution in [0, 0.1) is 10.5 Å². The Labute approximate surface area is 149 Å². The van der Waals surface area contributed by atoms with E-state index in [-0.39, 0.29) is 5.91 Å². The second-order valence-corrected chi connectivity index (χ2v) is 6.53. The molecule has 2 N–H and O–H groups in total. The van der Waals surface area contributed by atoms with Crippen molar-refractivity contribution in [3.05, 3.63) is 62.7 Å². The maximum Gasteiger partial charge on any atom is 0.257 e. The molecule has 114 valence electrons. The van der Waals surface area contributed by atoms with Gasteiger partial charge in [0.25, 0.3) is 5.91 Å². The number of hydrogen-bond acceptors (Lipinski definition) is 2. The predicted octanol–water partition coefficient (Wildman–Crippen LogP) is 4.29. The molecule has 0 saturated carbocycles. The molecule has 0 fully saturated rings. The lowest BCUT2D eigenvalue weighted by molar-refractivity contribution is 0.0977. The van der Waals surface area contributed by atoms with Crippen molar-refractivity contribution in [3.63, 3.8) is 0 Å². The predicted molar refractivity (Wildman–Crippen MR) is 103 cm³/mol. The van der Waals surface area contributed by atoms with Gasteiger partial charge in [-0.15, -0.1) is 0 Å². The fourth-order valence-electron chi connectivity index (χ4n) is 2.13. The lowest BCUT2D eigenvalue weighted by atomic mass is 10.1. The largest absolute Gasteiger partial charge is 0.332 e. The van der Waals surface area contributed by atoms with Gasteiger partial charge in [-0.3, -0.25) is 10.1 Å². The number of hydrogen-bond donors (Lipinski definition) is 2. The van der Waals surface area contributed by atoms with Crippen molar-refractivity contribution < 1.29 is 4.79 Å². The summed E-state index contributed by atoms with van der Waals surface area (Å²) in [7, 11) is 0. The van der Waals surface area contributed by atoms with E-state index in [9.17, 15) is 4.79 Å². The summed E-state index contributed by atoms with van der Waals surface area (Å²) in [6, 6.07) is 13.5. The number of benzene rings is 2. The standard InChI is InChI=1S/C17H17IN2OS/c1-3-12-10-13(18)8-9-15(12)19-17(22)20-16(21)14-7-5-4-6-11(14)2/h4-10H,3H2,1-2H3,(H2,19,20,21,22). The zero-order chi connectivity index (χ0) is 16.1. The lowest BCUT2D eigenvalue weighted by Gasteiger charge is -2.13. The number of aryl methyl sites for hydroxylation is 2. The van der Waals surface area contributed by atoms with Gasteiger partial charge in [-0.05, 0) is 83.5 Å². The van der Waals surface area contributed by atoms with Crippen LogP contribution in [-0.2, 0) is 6.42 Å². The third-order valence-electron chi connectivity index (χ3n) is 3.31. The van der Waals surface area contributed by atoms with Crippen LogP contribution in [0.15, 0.2) is 42.5 Å². The van der Waals surface area contributed by atoms with E-state index in [0.717, 1.165) is 17.7 Å². The highest BCUT2D eigenvalue weighted by Gasteiger charge is 2.11. The van der Waals surface area contributed by atoms with Crippen molar-refractivity contribution in [3.8, 4) is 0 Å². The van der Waals surface area contributed by atoms with E-state index in [0.29, 0.717) is 10.7 Å². The molecular weight excluding hydrogens is 407 g/mol. The van der Waals surface area contributed by atoms with E-state index in [1.807, 2.05) is 37.3 Å². The van der Waals surface area contributed by atoms with E-state index in [1.54, 1.807) is 6.07 Å². The molecule has 0 aromatic heterocycles. The Morgan fingerprint density at radius 2 is 1.95 bits per heavy atom. The molecule has 0 aliphatic heterocycles. The zero-order valence-electron chi connectivity index (χ0n) is 12.4. The maximum atomic E-state index is 12.2. The van der Waals surface area contributed by atoms with E-state index in [2.05, 4.69) is 46.2 Å². The first-order chi connectivity index (χ1) is 10.5. The molecule has 0 heterocycles. The van der Waals surface area contributed by atoms with Gasteiger partial charge in [-0.1, -0.05) is 25.1 Å². The average molecular weight is 424 g/mol. The van der Waals surface area contributed by atoms with Crippen LogP contribution in [0.25, 0.3) is 0 Å². The van der Waals surface area contributed by atoms with Gasteiger partial charge in [0.1, 0.15) is 0 Å². The van der Waals surface area contributed by atoms with Gasteiger partial charge in [-0.2, -0.15) is 0 Å². The Kier molecular flexibility index (Phi) is 5.90. The first kappa shape index (κ1) is 16.9. The van der Waals surface area contributed by atoms with Gasteiger partial charge < -0.3 is 5.32 Å². The molecule has 0 atom stereocenters. The number of amides is 1. The molecule has 2 rings (SSSR count). The van der Waals surface area contributed by atoms with Gasteiger partial charge >= 0.3 is 0 Å². The van der Waals surface area contributed by atoms with Crippen LogP contribution in [-0.4, -0.2) is 11.0 Å². The molecule has 0 radical (unpaired) electrons. The van der Waals surface area contributed by atoms with Crippen molar-refractivity contribution in [1.29, 1.82) is 0 Å². The van der Waals surface area contributed by atoms with Gasteiger partial charge in [0, 0.05) is 14.8 Å². The number of nitrogens with one attached hydrogen (secondary N) is 2. The topological polar surface area (TPSA) is 41.1 Å². The van der Waals surface area contributed by atoms with Crippen molar-refractivity contribution in [2.45, 2.75) is 20.3 Å². The molecule has 0 spiro atoms. The number of halogens is 1. The first-order valence-corrected chi connectivity index (χ1v) is 8.46. The van der Waals surface area contributed by atoms with E-state index >= 15 is 0 Å². The Bertz CT molecular complexity index is 716. The van der Waals surface area contributed by atoms with Gasteiger partial charge in [0.05, 0.1) is 0 Å². The fourth-order valence-corrected chi connectivity index (χ4v) is 2.89. The molecule has 22 heavy (non-hydrogen) atoms. The maximum absolute atomic E-state index is 12.2. The highest BCUT2D eigenvalue weighted by molar-refractivity contribution is 14.1. The Morgan fingerprint density at radius 3 is 2.64 bits per heavy atom. The van der Waals surface area contributed by atoms with Gasteiger partial charge in [-0.25, -0.2) is 0 Å². The smallest absolute Gasteiger partial charge is 0.257 e. The Hall–Kier alpha value is -1.47. The van der Waals surface area contributed by atoms with E-state index in [4.69, 9.17) is 12.2 Å². The summed E-state index contributed by atoms with van der Waals surface area (Å²) in [6.45, 7) is 3.99. The summed E-state index contributed by atoms with van der Waals surface area (Å²) in [5.74, 6) is -0.195. The van der Waals surface area contributed by atoms with E-state index in [1.165, 1.54) is 9.13 Å².